The molecule has 0 atom stereocenters. The second-order valence-electron chi connectivity index (χ2n) is 6.35. The molecule has 2 aliphatic rings. The number of benzene rings is 1. The Morgan fingerprint density at radius 1 is 1.14 bits per heavy atom. The molecule has 21 heavy (non-hydrogen) atoms. The third-order valence-electron chi connectivity index (χ3n) is 4.58. The summed E-state index contributed by atoms with van der Waals surface area (Å²) in [5.41, 5.74) is 7.60. The number of nitrogens with two attached hydrogens (primary N) is 1. The summed E-state index contributed by atoms with van der Waals surface area (Å²) in [6, 6.07) is 9.00. The lowest BCUT2D eigenvalue weighted by Gasteiger charge is -2.32. The van der Waals surface area contributed by atoms with E-state index in [1.807, 2.05) is 24.3 Å². The number of amides is 1. The normalized spacial score (nSPS) is 20.4. The Hall–Kier alpha value is -1.55. The number of carbonyl (C=O) groups is 1. The number of nitrogen functional groups attached to an aromatic ring is 1. The van der Waals surface area contributed by atoms with Crippen LogP contribution in [0.25, 0.3) is 0 Å². The highest BCUT2D eigenvalue weighted by Gasteiger charge is 2.31. The van der Waals surface area contributed by atoms with Gasteiger partial charge in [0, 0.05) is 37.3 Å². The van der Waals surface area contributed by atoms with Crippen LogP contribution in [0.2, 0.25) is 0 Å². The van der Waals surface area contributed by atoms with Gasteiger partial charge in [0.25, 0.3) is 0 Å². The zero-order chi connectivity index (χ0) is 14.7. The van der Waals surface area contributed by atoms with E-state index in [0.29, 0.717) is 12.5 Å². The maximum atomic E-state index is 12.0. The van der Waals surface area contributed by atoms with Crippen LogP contribution in [0.5, 0.6) is 0 Å². The summed E-state index contributed by atoms with van der Waals surface area (Å²) < 4.78 is 0. The molecule has 0 spiro atoms. The fourth-order valence-electron chi connectivity index (χ4n) is 3.09. The summed E-state index contributed by atoms with van der Waals surface area (Å²) >= 11 is 0. The Kier molecular flexibility index (Phi) is 4.44. The van der Waals surface area contributed by atoms with E-state index in [0.717, 1.165) is 44.1 Å². The maximum Gasteiger partial charge on any atom is 0.220 e. The summed E-state index contributed by atoms with van der Waals surface area (Å²) in [4.78, 5) is 14.6. The van der Waals surface area contributed by atoms with E-state index < -0.39 is 0 Å². The highest BCUT2D eigenvalue weighted by atomic mass is 16.1. The molecule has 0 aromatic heterocycles. The second-order valence-corrected chi connectivity index (χ2v) is 6.35. The molecule has 1 aliphatic carbocycles. The number of anilines is 1. The number of likely N-dealkylation sites (tertiary alicyclic amines) is 1. The van der Waals surface area contributed by atoms with E-state index in [1.165, 1.54) is 18.4 Å². The first kappa shape index (κ1) is 14.4. The number of piperidine rings is 1. The first-order valence-corrected chi connectivity index (χ1v) is 8.08. The van der Waals surface area contributed by atoms with Crippen LogP contribution in [0.4, 0.5) is 5.69 Å². The van der Waals surface area contributed by atoms with Gasteiger partial charge in [-0.05, 0) is 49.8 Å². The molecular formula is C17H25N3O. The molecule has 3 rings (SSSR count). The fourth-order valence-corrected chi connectivity index (χ4v) is 3.09. The van der Waals surface area contributed by atoms with Crippen molar-refractivity contribution in [2.24, 2.45) is 0 Å². The van der Waals surface area contributed by atoms with Gasteiger partial charge >= 0.3 is 0 Å². The van der Waals surface area contributed by atoms with Gasteiger partial charge in [-0.2, -0.15) is 0 Å². The molecule has 1 aromatic rings. The molecule has 0 radical (unpaired) electrons. The molecule has 1 heterocycles. The average Bonchev–Trinajstić information content (AvgIpc) is 3.32. The average molecular weight is 287 g/mol. The molecule has 114 valence electrons. The Labute approximate surface area is 126 Å². The van der Waals surface area contributed by atoms with Gasteiger partial charge in [0.15, 0.2) is 0 Å². The third kappa shape index (κ3) is 4.21. The smallest absolute Gasteiger partial charge is 0.220 e. The van der Waals surface area contributed by atoms with Crippen molar-refractivity contribution in [3.63, 3.8) is 0 Å². The van der Waals surface area contributed by atoms with Gasteiger partial charge in [-0.25, -0.2) is 0 Å². The van der Waals surface area contributed by atoms with Crippen LogP contribution < -0.4 is 11.1 Å². The molecule has 1 amide bonds. The van der Waals surface area contributed by atoms with Crippen LogP contribution in [0.15, 0.2) is 24.3 Å². The van der Waals surface area contributed by atoms with Crippen LogP contribution in [0.3, 0.4) is 0 Å². The topological polar surface area (TPSA) is 58.4 Å². The summed E-state index contributed by atoms with van der Waals surface area (Å²) in [5, 5.41) is 3.19. The van der Waals surface area contributed by atoms with Gasteiger partial charge in [-0.1, -0.05) is 12.1 Å². The molecule has 1 saturated heterocycles. The minimum atomic E-state index is 0.177. The highest BCUT2D eigenvalue weighted by molar-refractivity contribution is 5.76. The monoisotopic (exact) mass is 287 g/mol. The quantitative estimate of drug-likeness (QED) is 0.814. The summed E-state index contributed by atoms with van der Waals surface area (Å²) in [7, 11) is 0. The van der Waals surface area contributed by atoms with Crippen LogP contribution in [0, 0.1) is 0 Å². The van der Waals surface area contributed by atoms with Crippen molar-refractivity contribution in [2.75, 3.05) is 18.8 Å². The molecule has 0 unspecified atom stereocenters. The number of carbonyl (C=O) groups excluding carboxylic acids is 1. The van der Waals surface area contributed by atoms with E-state index in [9.17, 15) is 4.79 Å². The van der Waals surface area contributed by atoms with Gasteiger partial charge < -0.3 is 16.0 Å². The third-order valence-corrected chi connectivity index (χ3v) is 4.58. The van der Waals surface area contributed by atoms with Gasteiger partial charge in [0.1, 0.15) is 0 Å². The first-order valence-electron chi connectivity index (χ1n) is 8.08. The Balaban J connectivity index is 1.37. The van der Waals surface area contributed by atoms with Crippen molar-refractivity contribution in [1.82, 2.24) is 10.2 Å². The number of rotatable bonds is 5. The van der Waals surface area contributed by atoms with Crippen LogP contribution in [0.1, 0.15) is 37.7 Å². The highest BCUT2D eigenvalue weighted by Crippen LogP contribution is 2.29. The molecule has 0 bridgehead atoms. The van der Waals surface area contributed by atoms with Crippen molar-refractivity contribution in [3.8, 4) is 0 Å². The van der Waals surface area contributed by atoms with Crippen molar-refractivity contribution in [3.05, 3.63) is 29.8 Å². The summed E-state index contributed by atoms with van der Waals surface area (Å²) in [6.07, 6.45) is 6.30. The number of hydrogen-bond acceptors (Lipinski definition) is 3. The fraction of sp³-hybridized carbons (Fsp3) is 0.588. The van der Waals surface area contributed by atoms with Crippen LogP contribution in [-0.2, 0) is 11.2 Å². The van der Waals surface area contributed by atoms with E-state index in [4.69, 9.17) is 5.73 Å². The summed E-state index contributed by atoms with van der Waals surface area (Å²) in [5.74, 6) is 0.177. The van der Waals surface area contributed by atoms with E-state index in [1.54, 1.807) is 0 Å². The Bertz CT molecular complexity index is 473. The number of hydrogen-bond donors (Lipinski definition) is 2. The van der Waals surface area contributed by atoms with Crippen molar-refractivity contribution in [1.29, 1.82) is 0 Å². The SMILES string of the molecule is Nc1ccc(CCC(=O)NC2CCN(C3CC3)CC2)cc1. The predicted molar refractivity (Wildman–Crippen MR) is 84.9 cm³/mol. The van der Waals surface area contributed by atoms with Crippen LogP contribution >= 0.6 is 0 Å². The number of aryl methyl sites for hydroxylation is 1. The largest absolute Gasteiger partial charge is 0.399 e. The van der Waals surface area contributed by atoms with E-state index in [2.05, 4.69) is 10.2 Å². The Morgan fingerprint density at radius 2 is 1.81 bits per heavy atom. The molecular weight excluding hydrogens is 262 g/mol. The zero-order valence-corrected chi connectivity index (χ0v) is 12.6. The predicted octanol–water partition coefficient (Wildman–Crippen LogP) is 1.94. The minimum Gasteiger partial charge on any atom is -0.399 e. The molecule has 4 nitrogen and oxygen atoms in total. The number of nitrogens with one attached hydrogen (secondary N) is 1. The molecule has 2 fully saturated rings. The number of nitrogens with zero attached hydrogens (tertiary/aromatic N) is 1. The van der Waals surface area contributed by atoms with E-state index >= 15 is 0 Å². The zero-order valence-electron chi connectivity index (χ0n) is 12.6. The second kappa shape index (κ2) is 6.48. The first-order chi connectivity index (χ1) is 10.2. The molecule has 1 saturated carbocycles. The standard InChI is InChI=1S/C17H25N3O/c18-14-4-1-13(2-5-14)3-8-17(21)19-15-9-11-20(12-10-15)16-6-7-16/h1-2,4-5,15-16H,3,6-12,18H2,(H,19,21). The maximum absolute atomic E-state index is 12.0. The van der Waals surface area contributed by atoms with Gasteiger partial charge in [0.05, 0.1) is 0 Å². The molecule has 3 N–H and O–H groups in total. The lowest BCUT2D eigenvalue weighted by atomic mass is 10.0. The van der Waals surface area contributed by atoms with Gasteiger partial charge in [-0.15, -0.1) is 0 Å². The molecule has 1 aromatic carbocycles. The molecule has 1 aliphatic heterocycles. The lowest BCUT2D eigenvalue weighted by molar-refractivity contribution is -0.122. The van der Waals surface area contributed by atoms with Crippen molar-refractivity contribution >= 4 is 11.6 Å². The van der Waals surface area contributed by atoms with E-state index in [-0.39, 0.29) is 5.91 Å². The lowest BCUT2D eigenvalue weighted by Crippen LogP contribution is -2.45. The summed E-state index contributed by atoms with van der Waals surface area (Å²) in [6.45, 7) is 2.29. The van der Waals surface area contributed by atoms with Gasteiger partial charge in [0.2, 0.25) is 5.91 Å². The van der Waals surface area contributed by atoms with Crippen LogP contribution in [-0.4, -0.2) is 36.0 Å². The molecule has 4 heteroatoms. The Morgan fingerprint density at radius 3 is 2.43 bits per heavy atom. The van der Waals surface area contributed by atoms with Crippen molar-refractivity contribution in [2.45, 2.75) is 50.6 Å². The minimum absolute atomic E-state index is 0.177. The van der Waals surface area contributed by atoms with Crippen molar-refractivity contribution < 1.29 is 4.79 Å². The van der Waals surface area contributed by atoms with Gasteiger partial charge in [-0.3, -0.25) is 4.79 Å².